The van der Waals surface area contributed by atoms with E-state index in [1.165, 1.54) is 0 Å². The molecule has 4 rings (SSSR count). The molecule has 2 N–H and O–H groups in total. The minimum atomic E-state index is -0.456. The van der Waals surface area contributed by atoms with Gasteiger partial charge in [0.05, 0.1) is 6.54 Å². The summed E-state index contributed by atoms with van der Waals surface area (Å²) in [5.41, 5.74) is 1.56. The first kappa shape index (κ1) is 14.0. The highest BCUT2D eigenvalue weighted by atomic mass is 16.6. The fraction of sp³-hybridized carbons (Fsp3) is 0.467. The van der Waals surface area contributed by atoms with E-state index in [1.807, 2.05) is 4.90 Å². The van der Waals surface area contributed by atoms with Gasteiger partial charge in [0.1, 0.15) is 16.6 Å². The molecule has 1 spiro atoms. The van der Waals surface area contributed by atoms with E-state index in [2.05, 4.69) is 20.7 Å². The molecule has 2 saturated heterocycles. The fourth-order valence-corrected chi connectivity index (χ4v) is 3.31. The number of likely N-dealkylation sites (tertiary alicyclic amines) is 1. The Morgan fingerprint density at radius 2 is 2.09 bits per heavy atom. The van der Waals surface area contributed by atoms with Gasteiger partial charge in [0.2, 0.25) is 0 Å². The van der Waals surface area contributed by atoms with Crippen LogP contribution in [0.2, 0.25) is 0 Å². The Bertz CT molecular complexity index is 773. The van der Waals surface area contributed by atoms with Crippen molar-refractivity contribution in [1.82, 2.24) is 25.6 Å². The number of amides is 2. The van der Waals surface area contributed by atoms with Crippen LogP contribution in [-0.4, -0.2) is 57.5 Å². The highest BCUT2D eigenvalue weighted by Crippen LogP contribution is 2.29. The van der Waals surface area contributed by atoms with E-state index in [0.717, 1.165) is 18.4 Å². The number of hydrogen-bond acceptors (Lipinski definition) is 5. The van der Waals surface area contributed by atoms with Crippen molar-refractivity contribution in [1.29, 1.82) is 0 Å². The van der Waals surface area contributed by atoms with Gasteiger partial charge in [-0.1, -0.05) is 0 Å². The first-order chi connectivity index (χ1) is 11.2. The standard InChI is InChI=1S/C15H17N5O3/c21-13(10-2-3-11-12(8-10)18-19-17-11)20-6-1-4-15(5-7-20)9-16-14(22)23-15/h2-3,8H,1,4-7,9H2,(H,16,22)(H,17,18,19)/t15-/m1/s1. The SMILES string of the molecule is O=C1NC[C@]2(CCCN(C(=O)c3ccc4n[nH]nc4c3)CC2)O1. The van der Waals surface area contributed by atoms with Crippen LogP contribution in [0.1, 0.15) is 29.6 Å². The van der Waals surface area contributed by atoms with E-state index in [1.54, 1.807) is 18.2 Å². The molecule has 2 aliphatic heterocycles. The lowest BCUT2D eigenvalue weighted by Crippen LogP contribution is -2.36. The van der Waals surface area contributed by atoms with Crippen molar-refractivity contribution in [3.8, 4) is 0 Å². The lowest BCUT2D eigenvalue weighted by molar-refractivity contribution is 0.0439. The van der Waals surface area contributed by atoms with Gasteiger partial charge in [-0.05, 0) is 31.0 Å². The van der Waals surface area contributed by atoms with E-state index >= 15 is 0 Å². The second-order valence-electron chi connectivity index (χ2n) is 6.10. The number of fused-ring (bicyclic) bond motifs is 1. The van der Waals surface area contributed by atoms with Crippen LogP contribution in [0, 0.1) is 0 Å². The first-order valence-electron chi connectivity index (χ1n) is 7.72. The summed E-state index contributed by atoms with van der Waals surface area (Å²) in [6.07, 6.45) is 1.88. The van der Waals surface area contributed by atoms with Gasteiger partial charge in [-0.3, -0.25) is 4.79 Å². The number of carbonyl (C=O) groups is 2. The third-order valence-corrected chi connectivity index (χ3v) is 4.61. The lowest BCUT2D eigenvalue weighted by Gasteiger charge is -2.25. The second-order valence-corrected chi connectivity index (χ2v) is 6.10. The molecule has 23 heavy (non-hydrogen) atoms. The predicted octanol–water partition coefficient (Wildman–Crippen LogP) is 1.06. The molecule has 0 unspecified atom stereocenters. The molecule has 0 bridgehead atoms. The molecule has 3 heterocycles. The van der Waals surface area contributed by atoms with Crippen molar-refractivity contribution in [2.75, 3.05) is 19.6 Å². The van der Waals surface area contributed by atoms with Gasteiger partial charge < -0.3 is 15.0 Å². The van der Waals surface area contributed by atoms with Gasteiger partial charge >= 0.3 is 6.09 Å². The maximum absolute atomic E-state index is 12.7. The van der Waals surface area contributed by atoms with Gasteiger partial charge in [-0.25, -0.2) is 4.79 Å². The van der Waals surface area contributed by atoms with E-state index in [0.29, 0.717) is 37.1 Å². The minimum absolute atomic E-state index is 0.0239. The van der Waals surface area contributed by atoms with Crippen LogP contribution < -0.4 is 5.32 Å². The van der Waals surface area contributed by atoms with Crippen molar-refractivity contribution in [2.45, 2.75) is 24.9 Å². The van der Waals surface area contributed by atoms with Crippen LogP contribution in [0.5, 0.6) is 0 Å². The molecule has 1 atom stereocenters. The number of aromatic amines is 1. The molecule has 0 aliphatic carbocycles. The zero-order valence-electron chi connectivity index (χ0n) is 12.5. The van der Waals surface area contributed by atoms with E-state index in [4.69, 9.17) is 4.74 Å². The number of nitrogens with zero attached hydrogens (tertiary/aromatic N) is 3. The summed E-state index contributed by atoms with van der Waals surface area (Å²) in [6, 6.07) is 5.30. The number of aromatic nitrogens is 3. The smallest absolute Gasteiger partial charge is 0.407 e. The normalized spacial score (nSPS) is 24.5. The summed E-state index contributed by atoms with van der Waals surface area (Å²) in [5.74, 6) is -0.0239. The zero-order valence-corrected chi connectivity index (χ0v) is 12.5. The van der Waals surface area contributed by atoms with Gasteiger partial charge in [0.15, 0.2) is 0 Å². The topological polar surface area (TPSA) is 100 Å². The zero-order chi connectivity index (χ0) is 15.9. The summed E-state index contributed by atoms with van der Waals surface area (Å²) < 4.78 is 5.44. The van der Waals surface area contributed by atoms with Crippen LogP contribution in [0.3, 0.4) is 0 Å². The number of alkyl carbamates (subject to hydrolysis) is 1. The summed E-state index contributed by atoms with van der Waals surface area (Å²) >= 11 is 0. The Hall–Kier alpha value is -2.64. The number of ether oxygens (including phenoxy) is 1. The largest absolute Gasteiger partial charge is 0.441 e. The van der Waals surface area contributed by atoms with E-state index < -0.39 is 5.60 Å². The van der Waals surface area contributed by atoms with Crippen molar-refractivity contribution in [3.63, 3.8) is 0 Å². The maximum atomic E-state index is 12.7. The molecule has 0 saturated carbocycles. The van der Waals surface area contributed by atoms with E-state index in [9.17, 15) is 9.59 Å². The van der Waals surface area contributed by atoms with Crippen LogP contribution in [0.25, 0.3) is 11.0 Å². The fourth-order valence-electron chi connectivity index (χ4n) is 3.31. The lowest BCUT2D eigenvalue weighted by atomic mass is 9.95. The van der Waals surface area contributed by atoms with Gasteiger partial charge in [-0.15, -0.1) is 0 Å². The molecule has 2 aliphatic rings. The number of H-pyrrole nitrogens is 1. The highest BCUT2D eigenvalue weighted by molar-refractivity contribution is 5.97. The average Bonchev–Trinajstić information content (AvgIpc) is 3.10. The molecule has 2 aromatic rings. The van der Waals surface area contributed by atoms with Crippen molar-refractivity contribution < 1.29 is 14.3 Å². The third-order valence-electron chi connectivity index (χ3n) is 4.61. The first-order valence-corrected chi connectivity index (χ1v) is 7.72. The van der Waals surface area contributed by atoms with Crippen LogP contribution >= 0.6 is 0 Å². The number of rotatable bonds is 1. The average molecular weight is 315 g/mol. The monoisotopic (exact) mass is 315 g/mol. The van der Waals surface area contributed by atoms with Crippen molar-refractivity contribution in [2.24, 2.45) is 0 Å². The molecule has 8 heteroatoms. The van der Waals surface area contributed by atoms with Crippen LogP contribution in [-0.2, 0) is 4.74 Å². The number of benzene rings is 1. The molecule has 8 nitrogen and oxygen atoms in total. The van der Waals surface area contributed by atoms with Crippen LogP contribution in [0.4, 0.5) is 4.79 Å². The summed E-state index contributed by atoms with van der Waals surface area (Å²) in [6.45, 7) is 1.76. The summed E-state index contributed by atoms with van der Waals surface area (Å²) in [7, 11) is 0. The summed E-state index contributed by atoms with van der Waals surface area (Å²) in [4.78, 5) is 25.9. The van der Waals surface area contributed by atoms with Gasteiger partial charge in [0.25, 0.3) is 5.91 Å². The Balaban J connectivity index is 1.51. The second kappa shape index (κ2) is 5.22. The highest BCUT2D eigenvalue weighted by Gasteiger charge is 2.41. The van der Waals surface area contributed by atoms with Crippen LogP contribution in [0.15, 0.2) is 18.2 Å². The Kier molecular flexibility index (Phi) is 3.17. The number of hydrogen-bond donors (Lipinski definition) is 2. The molecule has 2 fully saturated rings. The quantitative estimate of drug-likeness (QED) is 0.819. The minimum Gasteiger partial charge on any atom is -0.441 e. The third kappa shape index (κ3) is 2.49. The Morgan fingerprint density at radius 3 is 2.91 bits per heavy atom. The molecular weight excluding hydrogens is 298 g/mol. The summed E-state index contributed by atoms with van der Waals surface area (Å²) in [5, 5.41) is 13.3. The van der Waals surface area contributed by atoms with Crippen molar-refractivity contribution in [3.05, 3.63) is 23.8 Å². The Labute approximate surface area is 132 Å². The predicted molar refractivity (Wildman–Crippen MR) is 80.9 cm³/mol. The van der Waals surface area contributed by atoms with Gasteiger partial charge in [-0.2, -0.15) is 15.4 Å². The molecule has 2 amide bonds. The van der Waals surface area contributed by atoms with Crippen molar-refractivity contribution >= 4 is 23.0 Å². The Morgan fingerprint density at radius 1 is 1.22 bits per heavy atom. The molecule has 1 aromatic heterocycles. The molecular formula is C15H17N5O3. The molecule has 1 aromatic carbocycles. The van der Waals surface area contributed by atoms with E-state index in [-0.39, 0.29) is 12.0 Å². The van der Waals surface area contributed by atoms with Gasteiger partial charge in [0, 0.05) is 25.1 Å². The molecule has 120 valence electrons. The maximum Gasteiger partial charge on any atom is 0.407 e. The number of carbonyl (C=O) groups excluding carboxylic acids is 2. The molecule has 0 radical (unpaired) electrons. The number of nitrogens with one attached hydrogen (secondary N) is 2.